The Morgan fingerprint density at radius 3 is 2.52 bits per heavy atom. The van der Waals surface area contributed by atoms with Crippen molar-refractivity contribution in [2.75, 3.05) is 25.0 Å². The van der Waals surface area contributed by atoms with Crippen LogP contribution in [0.1, 0.15) is 29.6 Å². The molecular formula is C14H16Br2N2O3. The van der Waals surface area contributed by atoms with Gasteiger partial charge >= 0.3 is 5.97 Å². The highest BCUT2D eigenvalue weighted by molar-refractivity contribution is 9.11. The Bertz CT molecular complexity index is 557. The first kappa shape index (κ1) is 16.5. The number of nitrogens with zero attached hydrogens (tertiary/aromatic N) is 1. The fraction of sp³-hybridized carbons (Fsp3) is 0.429. The number of likely N-dealkylation sites (tertiary alicyclic amines) is 1. The number of rotatable bonds is 5. The second kappa shape index (κ2) is 7.38. The van der Waals surface area contributed by atoms with Crippen molar-refractivity contribution in [3.63, 3.8) is 0 Å². The molecule has 1 aliphatic rings. The Morgan fingerprint density at radius 2 is 1.90 bits per heavy atom. The van der Waals surface area contributed by atoms with Crippen LogP contribution in [-0.2, 0) is 4.79 Å². The van der Waals surface area contributed by atoms with Crippen molar-refractivity contribution >= 4 is 49.4 Å². The van der Waals surface area contributed by atoms with E-state index in [4.69, 9.17) is 0 Å². The van der Waals surface area contributed by atoms with Gasteiger partial charge in [0, 0.05) is 21.9 Å². The minimum Gasteiger partial charge on any atom is -0.478 e. The number of carboxylic acids is 1. The zero-order valence-electron chi connectivity index (χ0n) is 11.4. The summed E-state index contributed by atoms with van der Waals surface area (Å²) in [6, 6.07) is 3.19. The summed E-state index contributed by atoms with van der Waals surface area (Å²) in [7, 11) is 0. The minimum atomic E-state index is -1.08. The van der Waals surface area contributed by atoms with Crippen molar-refractivity contribution in [3.8, 4) is 0 Å². The van der Waals surface area contributed by atoms with E-state index in [1.165, 1.54) is 18.9 Å². The highest BCUT2D eigenvalue weighted by Crippen LogP contribution is 2.31. The maximum Gasteiger partial charge on any atom is 0.337 e. The lowest BCUT2D eigenvalue weighted by Crippen LogP contribution is -2.25. The Labute approximate surface area is 140 Å². The Morgan fingerprint density at radius 1 is 1.24 bits per heavy atom. The Hall–Kier alpha value is -0.920. The summed E-state index contributed by atoms with van der Waals surface area (Å²) in [4.78, 5) is 25.5. The molecule has 0 aromatic heterocycles. The van der Waals surface area contributed by atoms with Crippen molar-refractivity contribution in [2.24, 2.45) is 0 Å². The van der Waals surface area contributed by atoms with Crippen molar-refractivity contribution in [3.05, 3.63) is 26.6 Å². The van der Waals surface area contributed by atoms with Crippen LogP contribution in [-0.4, -0.2) is 41.5 Å². The molecule has 5 nitrogen and oxygen atoms in total. The molecule has 0 unspecified atom stereocenters. The molecule has 1 saturated heterocycles. The number of carbonyl (C=O) groups excluding carboxylic acids is 1. The molecule has 1 heterocycles. The van der Waals surface area contributed by atoms with Gasteiger partial charge in [-0.2, -0.15) is 0 Å². The number of hydrogen-bond donors (Lipinski definition) is 2. The van der Waals surface area contributed by atoms with Gasteiger partial charge in [-0.05, 0) is 54.0 Å². The molecule has 0 radical (unpaired) electrons. The quantitative estimate of drug-likeness (QED) is 0.767. The van der Waals surface area contributed by atoms with Crippen LogP contribution in [0.4, 0.5) is 5.69 Å². The summed E-state index contributed by atoms with van der Waals surface area (Å²) in [5.74, 6) is -1.25. The zero-order chi connectivity index (χ0) is 15.4. The lowest BCUT2D eigenvalue weighted by Gasteiger charge is -2.15. The van der Waals surface area contributed by atoms with E-state index in [1.54, 1.807) is 6.07 Å². The van der Waals surface area contributed by atoms with Gasteiger partial charge in [0.15, 0.2) is 0 Å². The number of halogens is 2. The second-order valence-electron chi connectivity index (χ2n) is 4.96. The van der Waals surface area contributed by atoms with E-state index in [-0.39, 0.29) is 11.5 Å². The molecule has 0 bridgehead atoms. The van der Waals surface area contributed by atoms with E-state index in [0.29, 0.717) is 27.6 Å². The normalized spacial score (nSPS) is 15.1. The van der Waals surface area contributed by atoms with E-state index in [0.717, 1.165) is 13.1 Å². The predicted octanol–water partition coefficient (Wildman–Crippen LogP) is 3.33. The van der Waals surface area contributed by atoms with Gasteiger partial charge in [0.1, 0.15) is 0 Å². The first-order valence-electron chi connectivity index (χ1n) is 6.72. The van der Waals surface area contributed by atoms with Crippen LogP contribution in [0.3, 0.4) is 0 Å². The molecule has 0 saturated carbocycles. The highest BCUT2D eigenvalue weighted by atomic mass is 79.9. The van der Waals surface area contributed by atoms with E-state index >= 15 is 0 Å². The van der Waals surface area contributed by atoms with Crippen LogP contribution in [0.15, 0.2) is 21.1 Å². The third kappa shape index (κ3) is 4.52. The van der Waals surface area contributed by atoms with Gasteiger partial charge in [-0.15, -0.1) is 0 Å². The largest absolute Gasteiger partial charge is 0.478 e. The molecular weight excluding hydrogens is 404 g/mol. The van der Waals surface area contributed by atoms with Crippen molar-refractivity contribution in [1.29, 1.82) is 0 Å². The lowest BCUT2D eigenvalue weighted by atomic mass is 10.1. The average molecular weight is 420 g/mol. The molecule has 1 amide bonds. The van der Waals surface area contributed by atoms with E-state index in [1.807, 2.05) is 0 Å². The monoisotopic (exact) mass is 418 g/mol. The summed E-state index contributed by atoms with van der Waals surface area (Å²) in [5.41, 5.74) is 0.364. The molecule has 1 aliphatic heterocycles. The summed E-state index contributed by atoms with van der Waals surface area (Å²) in [6.07, 6.45) is 2.73. The van der Waals surface area contributed by atoms with E-state index in [2.05, 4.69) is 42.1 Å². The smallest absolute Gasteiger partial charge is 0.337 e. The van der Waals surface area contributed by atoms with Crippen molar-refractivity contribution in [1.82, 2.24) is 4.90 Å². The summed E-state index contributed by atoms with van der Waals surface area (Å²) >= 11 is 6.54. The highest BCUT2D eigenvalue weighted by Gasteiger charge is 2.18. The van der Waals surface area contributed by atoms with Crippen LogP contribution >= 0.6 is 31.9 Å². The number of carboxylic acid groups (broad SMARTS) is 1. The maximum atomic E-state index is 12.0. The van der Waals surface area contributed by atoms with Gasteiger partial charge in [-0.25, -0.2) is 4.79 Å². The third-order valence-electron chi connectivity index (χ3n) is 3.40. The number of aromatic carboxylic acids is 1. The SMILES string of the molecule is O=C(CCN1CCCC1)Nc1c(Br)cc(Br)cc1C(=O)O. The summed E-state index contributed by atoms with van der Waals surface area (Å²) < 4.78 is 1.19. The van der Waals surface area contributed by atoms with Gasteiger partial charge in [0.05, 0.1) is 11.3 Å². The number of anilines is 1. The van der Waals surface area contributed by atoms with Crippen molar-refractivity contribution in [2.45, 2.75) is 19.3 Å². The summed E-state index contributed by atoms with van der Waals surface area (Å²) in [6.45, 7) is 2.79. The number of carbonyl (C=O) groups is 2. The number of nitrogens with one attached hydrogen (secondary N) is 1. The molecule has 2 rings (SSSR count). The number of benzene rings is 1. The molecule has 7 heteroatoms. The molecule has 0 atom stereocenters. The third-order valence-corrected chi connectivity index (χ3v) is 4.49. The predicted molar refractivity (Wildman–Crippen MR) is 87.7 cm³/mol. The molecule has 1 aromatic rings. The topological polar surface area (TPSA) is 69.6 Å². The molecule has 0 spiro atoms. The van der Waals surface area contributed by atoms with E-state index < -0.39 is 5.97 Å². The van der Waals surface area contributed by atoms with Crippen LogP contribution in [0, 0.1) is 0 Å². The summed E-state index contributed by atoms with van der Waals surface area (Å²) in [5, 5.41) is 11.9. The van der Waals surface area contributed by atoms with E-state index in [9.17, 15) is 14.7 Å². The molecule has 2 N–H and O–H groups in total. The average Bonchev–Trinajstić information content (AvgIpc) is 2.92. The number of hydrogen-bond acceptors (Lipinski definition) is 3. The maximum absolute atomic E-state index is 12.0. The zero-order valence-corrected chi connectivity index (χ0v) is 14.5. The van der Waals surface area contributed by atoms with Gasteiger partial charge in [0.2, 0.25) is 5.91 Å². The Balaban J connectivity index is 2.04. The van der Waals surface area contributed by atoms with Crippen LogP contribution in [0.5, 0.6) is 0 Å². The molecule has 1 aromatic carbocycles. The lowest BCUT2D eigenvalue weighted by molar-refractivity contribution is -0.116. The fourth-order valence-corrected chi connectivity index (χ4v) is 3.66. The first-order valence-corrected chi connectivity index (χ1v) is 8.30. The van der Waals surface area contributed by atoms with Gasteiger partial charge in [0.25, 0.3) is 0 Å². The van der Waals surface area contributed by atoms with Crippen LogP contribution < -0.4 is 5.32 Å². The number of amides is 1. The van der Waals surface area contributed by atoms with Gasteiger partial charge in [-0.3, -0.25) is 4.79 Å². The molecule has 0 aliphatic carbocycles. The van der Waals surface area contributed by atoms with Crippen molar-refractivity contribution < 1.29 is 14.7 Å². The standard InChI is InChI=1S/C14H16Br2N2O3/c15-9-7-10(14(20)21)13(11(16)8-9)17-12(19)3-6-18-4-1-2-5-18/h7-8H,1-6H2,(H,17,19)(H,20,21). The van der Waals surface area contributed by atoms with Gasteiger partial charge in [-0.1, -0.05) is 15.9 Å². The van der Waals surface area contributed by atoms with Crippen LogP contribution in [0.2, 0.25) is 0 Å². The molecule has 1 fully saturated rings. The molecule has 114 valence electrons. The van der Waals surface area contributed by atoms with Crippen LogP contribution in [0.25, 0.3) is 0 Å². The minimum absolute atomic E-state index is 0.0609. The Kier molecular flexibility index (Phi) is 5.78. The fourth-order valence-electron chi connectivity index (χ4n) is 2.34. The second-order valence-corrected chi connectivity index (χ2v) is 6.73. The van der Waals surface area contributed by atoms with Gasteiger partial charge < -0.3 is 15.3 Å². The first-order chi connectivity index (χ1) is 9.97. The molecule has 21 heavy (non-hydrogen) atoms.